The van der Waals surface area contributed by atoms with E-state index in [0.717, 1.165) is 11.1 Å². The highest BCUT2D eigenvalue weighted by atomic mass is 16.2. The van der Waals surface area contributed by atoms with E-state index >= 15 is 0 Å². The van der Waals surface area contributed by atoms with E-state index in [-0.39, 0.29) is 29.6 Å². The number of aryl methyl sites for hydroxylation is 1. The van der Waals surface area contributed by atoms with Gasteiger partial charge in [0.1, 0.15) is 0 Å². The molecule has 2 amide bonds. The highest BCUT2D eigenvalue weighted by molar-refractivity contribution is 6.44. The van der Waals surface area contributed by atoms with Crippen molar-refractivity contribution in [3.05, 3.63) is 107 Å². The van der Waals surface area contributed by atoms with Gasteiger partial charge in [-0.25, -0.2) is 0 Å². The van der Waals surface area contributed by atoms with Gasteiger partial charge in [0.05, 0.1) is 23.2 Å². The number of rotatable bonds is 6. The summed E-state index contributed by atoms with van der Waals surface area (Å²) in [5, 5.41) is 0.458. The van der Waals surface area contributed by atoms with Crippen LogP contribution in [0.2, 0.25) is 0 Å². The van der Waals surface area contributed by atoms with Crippen LogP contribution >= 0.6 is 0 Å². The summed E-state index contributed by atoms with van der Waals surface area (Å²) < 4.78 is 1.32. The molecule has 214 valence electrons. The van der Waals surface area contributed by atoms with Crippen LogP contribution in [0.4, 0.5) is 0 Å². The number of fused-ring (bicyclic) bond motifs is 1. The number of terminal acetylenes is 1. The van der Waals surface area contributed by atoms with Crippen LogP contribution in [0, 0.1) is 19.3 Å². The van der Waals surface area contributed by atoms with Crippen molar-refractivity contribution in [3.63, 3.8) is 0 Å². The van der Waals surface area contributed by atoms with E-state index < -0.39 is 11.7 Å². The lowest BCUT2D eigenvalue weighted by Gasteiger charge is -2.47. The van der Waals surface area contributed by atoms with Gasteiger partial charge in [-0.2, -0.15) is 0 Å². The molecule has 42 heavy (non-hydrogen) atoms. The average molecular weight is 562 g/mol. The fourth-order valence-electron chi connectivity index (χ4n) is 5.85. The van der Waals surface area contributed by atoms with Crippen LogP contribution in [-0.2, 0) is 4.79 Å². The van der Waals surface area contributed by atoms with E-state index in [0.29, 0.717) is 35.1 Å². The summed E-state index contributed by atoms with van der Waals surface area (Å²) in [7, 11) is 3.04. The molecule has 1 fully saturated rings. The number of Topliss-reactive ketones (excluding diaryl/α,β-unsaturated/α-hetero) is 1. The first kappa shape index (κ1) is 28.7. The third-order valence-electron chi connectivity index (χ3n) is 8.05. The van der Waals surface area contributed by atoms with Crippen molar-refractivity contribution in [2.24, 2.45) is 0 Å². The lowest BCUT2D eigenvalue weighted by Crippen LogP contribution is -2.59. The quantitative estimate of drug-likeness (QED) is 0.167. The van der Waals surface area contributed by atoms with Crippen molar-refractivity contribution in [1.82, 2.24) is 19.4 Å². The number of nitrogens with two attached hydrogens (primary N) is 1. The van der Waals surface area contributed by atoms with Gasteiger partial charge in [0.15, 0.2) is 0 Å². The first-order valence-electron chi connectivity index (χ1n) is 13.9. The van der Waals surface area contributed by atoms with E-state index in [9.17, 15) is 14.4 Å². The molecule has 2 N–H and O–H groups in total. The first-order valence-corrected chi connectivity index (χ1v) is 13.9. The Balaban J connectivity index is 1.49. The largest absolute Gasteiger partial charge is 0.342 e. The van der Waals surface area contributed by atoms with E-state index in [2.05, 4.69) is 35.1 Å². The van der Waals surface area contributed by atoms with Crippen LogP contribution in [0.1, 0.15) is 50.4 Å². The Hall–Kier alpha value is -4.87. The number of benzene rings is 3. The third kappa shape index (κ3) is 5.15. The number of hydrogen-bond acceptors (Lipinski definition) is 5. The topological polar surface area (TPSA) is 91.9 Å². The van der Waals surface area contributed by atoms with Crippen LogP contribution < -0.4 is 5.84 Å². The maximum Gasteiger partial charge on any atom is 0.294 e. The molecular weight excluding hydrogens is 526 g/mol. The summed E-state index contributed by atoms with van der Waals surface area (Å²) in [6.07, 6.45) is 7.56. The summed E-state index contributed by atoms with van der Waals surface area (Å²) in [5.74, 6) is 7.57. The van der Waals surface area contributed by atoms with Crippen LogP contribution in [-0.4, -0.2) is 76.2 Å². The number of amides is 2. The van der Waals surface area contributed by atoms with Gasteiger partial charge in [-0.15, -0.1) is 6.42 Å². The number of aromatic nitrogens is 1. The Morgan fingerprint density at radius 1 is 0.952 bits per heavy atom. The summed E-state index contributed by atoms with van der Waals surface area (Å²) >= 11 is 0. The Bertz CT molecular complexity index is 1650. The Labute approximate surface area is 246 Å². The van der Waals surface area contributed by atoms with Crippen molar-refractivity contribution in [2.45, 2.75) is 32.0 Å². The predicted molar refractivity (Wildman–Crippen MR) is 164 cm³/mol. The van der Waals surface area contributed by atoms with E-state index in [1.54, 1.807) is 12.1 Å². The molecule has 0 saturated carbocycles. The van der Waals surface area contributed by atoms with E-state index in [1.807, 2.05) is 55.1 Å². The van der Waals surface area contributed by atoms with Crippen LogP contribution in [0.3, 0.4) is 0 Å². The highest BCUT2D eigenvalue weighted by Gasteiger charge is 2.38. The molecule has 4 aromatic rings. The summed E-state index contributed by atoms with van der Waals surface area (Å²) in [4.78, 5) is 44.9. The molecule has 1 aliphatic heterocycles. The minimum absolute atomic E-state index is 0.0710. The molecule has 2 atom stereocenters. The fraction of sp³-hybridized carbons (Fsp3) is 0.265. The molecule has 0 radical (unpaired) electrons. The molecule has 0 unspecified atom stereocenters. The van der Waals surface area contributed by atoms with Gasteiger partial charge in [-0.05, 0) is 42.7 Å². The second-order valence-corrected chi connectivity index (χ2v) is 11.1. The number of piperazine rings is 1. The minimum Gasteiger partial charge on any atom is -0.342 e. The minimum atomic E-state index is -0.682. The van der Waals surface area contributed by atoms with Crippen molar-refractivity contribution in [2.75, 3.05) is 33.0 Å². The monoisotopic (exact) mass is 561 g/mol. The average Bonchev–Trinajstić information content (AvgIpc) is 3.31. The van der Waals surface area contributed by atoms with Gasteiger partial charge in [0, 0.05) is 50.4 Å². The molecule has 0 aliphatic carbocycles. The lowest BCUT2D eigenvalue weighted by molar-refractivity contribution is -0.124. The third-order valence-corrected chi connectivity index (χ3v) is 8.05. The summed E-state index contributed by atoms with van der Waals surface area (Å²) in [6, 6.07) is 23.4. The van der Waals surface area contributed by atoms with Crippen LogP contribution in [0.25, 0.3) is 10.9 Å². The van der Waals surface area contributed by atoms with Crippen molar-refractivity contribution < 1.29 is 14.4 Å². The van der Waals surface area contributed by atoms with Gasteiger partial charge in [-0.1, -0.05) is 66.6 Å². The molecule has 8 heteroatoms. The Morgan fingerprint density at radius 3 is 2.10 bits per heavy atom. The number of hydrogen-bond donors (Lipinski definition) is 1. The number of nitrogen functional groups attached to an aromatic ring is 1. The molecule has 3 aromatic carbocycles. The highest BCUT2D eigenvalue weighted by Crippen LogP contribution is 2.34. The van der Waals surface area contributed by atoms with E-state index in [4.69, 9.17) is 12.3 Å². The second kappa shape index (κ2) is 11.6. The molecule has 1 saturated heterocycles. The number of likely N-dealkylation sites (N-methyl/N-ethyl adjacent to an activating group) is 1. The number of nitrogens with zero attached hydrogens (tertiary/aromatic N) is 4. The molecule has 5 rings (SSSR count). The number of carbonyl (C=O) groups is 3. The Kier molecular flexibility index (Phi) is 7.88. The van der Waals surface area contributed by atoms with Crippen LogP contribution in [0.15, 0.2) is 79.0 Å². The summed E-state index contributed by atoms with van der Waals surface area (Å²) in [6.45, 7) is 4.77. The number of carbonyl (C=O) groups excluding carboxylic acids is 3. The molecule has 0 spiro atoms. The number of ketones is 1. The standard InChI is InChI=1S/C34H35N5O3/c1-6-26-20-37(23(3)19-38(26)31(24-13-9-7-10-14-24)25-15-11-8-12-16-25)33(41)27-18-28-29(32(40)34(42)36(4)5)21-39(35)30(28)17-22(27)2/h1,7-18,21,23,26,31H,19-20,35H2,2-5H3/t23-,26+/m1/s1. The second-order valence-electron chi connectivity index (χ2n) is 11.1. The Morgan fingerprint density at radius 2 is 1.55 bits per heavy atom. The van der Waals surface area contributed by atoms with Gasteiger partial charge >= 0.3 is 0 Å². The fourth-order valence-corrected chi connectivity index (χ4v) is 5.85. The maximum absolute atomic E-state index is 14.1. The maximum atomic E-state index is 14.1. The van der Waals surface area contributed by atoms with Crippen molar-refractivity contribution in [3.8, 4) is 12.3 Å². The zero-order valence-electron chi connectivity index (χ0n) is 24.3. The molecule has 1 aliphatic rings. The van der Waals surface area contributed by atoms with E-state index in [1.165, 1.54) is 29.9 Å². The lowest BCUT2D eigenvalue weighted by atomic mass is 9.93. The van der Waals surface area contributed by atoms with Crippen molar-refractivity contribution >= 4 is 28.5 Å². The molecule has 2 heterocycles. The molecular formula is C34H35N5O3. The van der Waals surface area contributed by atoms with Crippen molar-refractivity contribution in [1.29, 1.82) is 0 Å². The summed E-state index contributed by atoms with van der Waals surface area (Å²) in [5.41, 5.74) is 4.15. The van der Waals surface area contributed by atoms with Gasteiger partial charge in [-0.3, -0.25) is 24.0 Å². The first-order chi connectivity index (χ1) is 20.1. The normalized spacial score (nSPS) is 17.3. The molecule has 1 aromatic heterocycles. The zero-order valence-corrected chi connectivity index (χ0v) is 24.3. The van der Waals surface area contributed by atoms with Gasteiger partial charge in [0.2, 0.25) is 0 Å². The molecule has 8 nitrogen and oxygen atoms in total. The smallest absolute Gasteiger partial charge is 0.294 e. The SMILES string of the molecule is C#C[C@H]1CN(C(=O)c2cc3c(C(=O)C(=O)N(C)C)cn(N)c3cc2C)[C@H](C)CN1C(c1ccccc1)c1ccccc1. The van der Waals surface area contributed by atoms with Gasteiger partial charge in [0.25, 0.3) is 17.6 Å². The van der Waals surface area contributed by atoms with Crippen LogP contribution in [0.5, 0.6) is 0 Å². The van der Waals surface area contributed by atoms with Gasteiger partial charge < -0.3 is 15.6 Å². The zero-order chi connectivity index (χ0) is 30.1. The predicted octanol–water partition coefficient (Wildman–Crippen LogP) is 3.87. The molecule has 0 bridgehead atoms.